The number of carbonyl (C=O) groups excluding carboxylic acids is 2. The Balaban J connectivity index is 2.30. The lowest BCUT2D eigenvalue weighted by Crippen LogP contribution is -2.28. The van der Waals surface area contributed by atoms with Crippen LogP contribution in [0.15, 0.2) is 12.2 Å². The Labute approximate surface area is 85.9 Å². The number of fused-ring (bicyclic) bond motifs is 2. The van der Waals surface area contributed by atoms with Crippen molar-refractivity contribution in [2.45, 2.75) is 6.42 Å². The minimum Gasteiger partial charge on any atom is -0.281 e. The quantitative estimate of drug-likeness (QED) is 0.525. The summed E-state index contributed by atoms with van der Waals surface area (Å²) in [5.74, 6) is -0.520. The highest BCUT2D eigenvalue weighted by molar-refractivity contribution is 6.66. The second-order valence-electron chi connectivity index (χ2n) is 3.61. The Morgan fingerprint density at radius 3 is 1.69 bits per heavy atom. The first-order valence-electron chi connectivity index (χ1n) is 4.18. The first-order valence-corrected chi connectivity index (χ1v) is 4.94. The molecule has 0 aromatic rings. The van der Waals surface area contributed by atoms with Crippen molar-refractivity contribution in [1.29, 1.82) is 0 Å². The lowest BCUT2D eigenvalue weighted by molar-refractivity contribution is -0.124. The van der Waals surface area contributed by atoms with Crippen LogP contribution in [-0.4, -0.2) is 10.5 Å². The molecule has 2 rings (SSSR count). The molecule has 70 valence electrons. The largest absolute Gasteiger partial charge is 0.281 e. The van der Waals surface area contributed by atoms with E-state index < -0.39 is 10.5 Å². The van der Waals surface area contributed by atoms with Gasteiger partial charge in [0.05, 0.1) is 11.8 Å². The monoisotopic (exact) mass is 218 g/mol. The van der Waals surface area contributed by atoms with Crippen molar-refractivity contribution in [2.75, 3.05) is 0 Å². The highest BCUT2D eigenvalue weighted by Crippen LogP contribution is 2.49. The molecule has 2 aliphatic rings. The third kappa shape index (κ3) is 1.32. The molecule has 0 heterocycles. The van der Waals surface area contributed by atoms with Crippen LogP contribution in [0.1, 0.15) is 6.42 Å². The summed E-state index contributed by atoms with van der Waals surface area (Å²) >= 11 is 10.9. The Hall–Kier alpha value is -0.340. The third-order valence-corrected chi connectivity index (χ3v) is 3.49. The Bertz CT molecular complexity index is 270. The minimum atomic E-state index is -0.434. The maximum absolute atomic E-state index is 11.1. The molecule has 0 aliphatic heterocycles. The molecule has 1 saturated carbocycles. The summed E-state index contributed by atoms with van der Waals surface area (Å²) in [6, 6.07) is 0. The van der Waals surface area contributed by atoms with Crippen LogP contribution in [-0.2, 0) is 9.59 Å². The molecule has 0 spiro atoms. The van der Waals surface area contributed by atoms with Crippen molar-refractivity contribution < 1.29 is 9.59 Å². The zero-order valence-corrected chi connectivity index (χ0v) is 8.26. The number of rotatable bonds is 2. The predicted octanol–water partition coefficient (Wildman–Crippen LogP) is 1.96. The second-order valence-corrected chi connectivity index (χ2v) is 4.35. The number of hydrogen-bond donors (Lipinski definition) is 0. The average Bonchev–Trinajstić information content (AvgIpc) is 2.60. The molecule has 1 fully saturated rings. The fourth-order valence-corrected chi connectivity index (χ4v) is 3.04. The van der Waals surface area contributed by atoms with Crippen LogP contribution in [0.5, 0.6) is 0 Å². The SMILES string of the molecule is O=C(Cl)[C@@H]1[C@H](C(=O)Cl)[C@@H]2C=C[C@H]1C2. The van der Waals surface area contributed by atoms with Gasteiger partial charge in [0.2, 0.25) is 10.5 Å². The number of hydrogen-bond acceptors (Lipinski definition) is 2. The van der Waals surface area contributed by atoms with E-state index in [-0.39, 0.29) is 23.7 Å². The molecule has 2 nitrogen and oxygen atoms in total. The minimum absolute atomic E-state index is 0.127. The van der Waals surface area contributed by atoms with E-state index in [1.165, 1.54) is 0 Å². The molecule has 2 aliphatic carbocycles. The first kappa shape index (κ1) is 9.22. The second kappa shape index (κ2) is 3.10. The van der Waals surface area contributed by atoms with Gasteiger partial charge in [0.15, 0.2) is 0 Å². The molecule has 0 N–H and O–H groups in total. The van der Waals surface area contributed by atoms with Gasteiger partial charge in [-0.1, -0.05) is 12.2 Å². The Morgan fingerprint density at radius 2 is 1.38 bits per heavy atom. The summed E-state index contributed by atoms with van der Waals surface area (Å²) in [6.07, 6.45) is 4.77. The number of halogens is 2. The van der Waals surface area contributed by atoms with E-state index >= 15 is 0 Å². The van der Waals surface area contributed by atoms with Crippen LogP contribution in [0.4, 0.5) is 0 Å². The van der Waals surface area contributed by atoms with Crippen molar-refractivity contribution in [3.63, 3.8) is 0 Å². The first-order chi connectivity index (χ1) is 6.11. The molecule has 4 heteroatoms. The lowest BCUT2D eigenvalue weighted by Gasteiger charge is -2.20. The zero-order chi connectivity index (χ0) is 9.59. The van der Waals surface area contributed by atoms with Crippen LogP contribution in [0.25, 0.3) is 0 Å². The van der Waals surface area contributed by atoms with E-state index in [9.17, 15) is 9.59 Å². The van der Waals surface area contributed by atoms with E-state index in [0.717, 1.165) is 6.42 Å². The average molecular weight is 219 g/mol. The van der Waals surface area contributed by atoms with Gasteiger partial charge in [-0.05, 0) is 41.5 Å². The Morgan fingerprint density at radius 1 is 1.00 bits per heavy atom. The van der Waals surface area contributed by atoms with Crippen molar-refractivity contribution in [2.24, 2.45) is 23.7 Å². The smallest absolute Gasteiger partial charge is 0.226 e. The lowest BCUT2D eigenvalue weighted by atomic mass is 9.85. The normalized spacial score (nSPS) is 41.1. The van der Waals surface area contributed by atoms with Gasteiger partial charge in [0.1, 0.15) is 0 Å². The highest BCUT2D eigenvalue weighted by atomic mass is 35.5. The van der Waals surface area contributed by atoms with Gasteiger partial charge in [-0.3, -0.25) is 9.59 Å². The van der Waals surface area contributed by atoms with E-state index in [2.05, 4.69) is 0 Å². The van der Waals surface area contributed by atoms with Gasteiger partial charge >= 0.3 is 0 Å². The van der Waals surface area contributed by atoms with Gasteiger partial charge in [-0.25, -0.2) is 0 Å². The summed E-state index contributed by atoms with van der Waals surface area (Å²) in [4.78, 5) is 22.1. The summed E-state index contributed by atoms with van der Waals surface area (Å²) in [5.41, 5.74) is 0. The molecule has 2 bridgehead atoms. The molecule has 0 aromatic carbocycles. The molecule has 0 radical (unpaired) electrons. The molecule has 0 unspecified atom stereocenters. The molecular weight excluding hydrogens is 211 g/mol. The van der Waals surface area contributed by atoms with E-state index in [1.807, 2.05) is 12.2 Å². The van der Waals surface area contributed by atoms with Crippen LogP contribution in [0.3, 0.4) is 0 Å². The molecule has 0 amide bonds. The molecule has 4 atom stereocenters. The maximum atomic E-state index is 11.1. The summed E-state index contributed by atoms with van der Waals surface area (Å²) in [6.45, 7) is 0. The van der Waals surface area contributed by atoms with Crippen molar-refractivity contribution in [1.82, 2.24) is 0 Å². The van der Waals surface area contributed by atoms with E-state index in [0.29, 0.717) is 0 Å². The maximum Gasteiger partial charge on any atom is 0.226 e. The van der Waals surface area contributed by atoms with E-state index in [1.54, 1.807) is 0 Å². The van der Waals surface area contributed by atoms with Gasteiger partial charge in [0.25, 0.3) is 0 Å². The topological polar surface area (TPSA) is 34.1 Å². The molecular formula is C9H8Cl2O2. The molecule has 13 heavy (non-hydrogen) atoms. The van der Waals surface area contributed by atoms with Crippen LogP contribution >= 0.6 is 23.2 Å². The van der Waals surface area contributed by atoms with Gasteiger partial charge < -0.3 is 0 Å². The number of allylic oxidation sites excluding steroid dienone is 2. The fourth-order valence-electron chi connectivity index (χ4n) is 2.44. The van der Waals surface area contributed by atoms with Gasteiger partial charge in [0, 0.05) is 0 Å². The Kier molecular flexibility index (Phi) is 2.20. The van der Waals surface area contributed by atoms with Crippen LogP contribution in [0.2, 0.25) is 0 Å². The van der Waals surface area contributed by atoms with Crippen molar-refractivity contribution in [3.8, 4) is 0 Å². The van der Waals surface area contributed by atoms with Crippen molar-refractivity contribution in [3.05, 3.63) is 12.2 Å². The molecule has 0 saturated heterocycles. The summed E-state index contributed by atoms with van der Waals surface area (Å²) in [7, 11) is 0. The predicted molar refractivity (Wildman–Crippen MR) is 49.4 cm³/mol. The van der Waals surface area contributed by atoms with Gasteiger partial charge in [-0.2, -0.15) is 0 Å². The standard InChI is InChI=1S/C9H8Cl2O2/c10-8(12)6-4-1-2-5(3-4)7(6)9(11)13/h1-2,4-7H,3H2/t4-,5+,6-,7+. The van der Waals surface area contributed by atoms with Crippen LogP contribution < -0.4 is 0 Å². The van der Waals surface area contributed by atoms with Gasteiger partial charge in [-0.15, -0.1) is 0 Å². The van der Waals surface area contributed by atoms with Crippen molar-refractivity contribution >= 4 is 33.7 Å². The third-order valence-electron chi connectivity index (χ3n) is 2.98. The van der Waals surface area contributed by atoms with E-state index in [4.69, 9.17) is 23.2 Å². The summed E-state index contributed by atoms with van der Waals surface area (Å²) in [5, 5.41) is -0.869. The molecule has 0 aromatic heterocycles. The fraction of sp³-hybridized carbons (Fsp3) is 0.556. The number of carbonyl (C=O) groups is 2. The van der Waals surface area contributed by atoms with Crippen LogP contribution in [0, 0.1) is 23.7 Å². The summed E-state index contributed by atoms with van der Waals surface area (Å²) < 4.78 is 0. The highest BCUT2D eigenvalue weighted by Gasteiger charge is 2.50. The zero-order valence-electron chi connectivity index (χ0n) is 6.74.